The van der Waals surface area contributed by atoms with Gasteiger partial charge in [0.1, 0.15) is 0 Å². The van der Waals surface area contributed by atoms with Crippen molar-refractivity contribution in [2.75, 3.05) is 26.2 Å². The van der Waals surface area contributed by atoms with Crippen molar-refractivity contribution in [1.82, 2.24) is 9.91 Å². The van der Waals surface area contributed by atoms with Crippen LogP contribution in [0.15, 0.2) is 58.9 Å². The van der Waals surface area contributed by atoms with Gasteiger partial charge in [-0.05, 0) is 36.8 Å². The van der Waals surface area contributed by atoms with E-state index in [1.54, 1.807) is 12.1 Å². The van der Waals surface area contributed by atoms with E-state index in [4.69, 9.17) is 5.11 Å². The van der Waals surface area contributed by atoms with Gasteiger partial charge in [0, 0.05) is 19.6 Å². The molecule has 1 N–H and O–H groups in total. The fraction of sp³-hybridized carbons (Fsp3) is 0.316. The fourth-order valence-electron chi connectivity index (χ4n) is 2.72. The highest BCUT2D eigenvalue weighted by molar-refractivity contribution is 5.87. The summed E-state index contributed by atoms with van der Waals surface area (Å²) in [5.41, 5.74) is 3.53. The summed E-state index contributed by atoms with van der Waals surface area (Å²) in [7, 11) is 0. The van der Waals surface area contributed by atoms with E-state index in [1.165, 1.54) is 23.3 Å². The second-order valence-electron chi connectivity index (χ2n) is 6.26. The minimum atomic E-state index is -0.937. The van der Waals surface area contributed by atoms with Crippen molar-refractivity contribution in [3.63, 3.8) is 0 Å². The Balaban J connectivity index is 1.48. The molecule has 0 spiro atoms. The summed E-state index contributed by atoms with van der Waals surface area (Å²) in [4.78, 5) is 13.2. The van der Waals surface area contributed by atoms with E-state index in [9.17, 15) is 4.79 Å². The van der Waals surface area contributed by atoms with Gasteiger partial charge in [-0.2, -0.15) is 0 Å². The van der Waals surface area contributed by atoms with Gasteiger partial charge in [-0.3, -0.25) is 9.91 Å². The smallest absolute Gasteiger partial charge is 0.335 e. The molecule has 130 valence electrons. The van der Waals surface area contributed by atoms with E-state index in [-0.39, 0.29) is 5.56 Å². The van der Waals surface area contributed by atoms with Crippen LogP contribution in [-0.2, 0) is 6.54 Å². The van der Waals surface area contributed by atoms with E-state index in [0.717, 1.165) is 32.7 Å². The van der Waals surface area contributed by atoms with Crippen LogP contribution < -0.4 is 0 Å². The van der Waals surface area contributed by atoms with Crippen LogP contribution in [0.1, 0.15) is 21.5 Å². The van der Waals surface area contributed by atoms with Crippen LogP contribution in [0.3, 0.4) is 0 Å². The highest BCUT2D eigenvalue weighted by Gasteiger charge is 2.15. The summed E-state index contributed by atoms with van der Waals surface area (Å²) < 4.78 is 0. The molecule has 0 radical (unpaired) electrons. The fourth-order valence-corrected chi connectivity index (χ4v) is 2.72. The molecule has 1 heterocycles. The first-order valence-electron chi connectivity index (χ1n) is 8.38. The van der Waals surface area contributed by atoms with Gasteiger partial charge in [-0.15, -0.1) is 5.11 Å². The van der Waals surface area contributed by atoms with Gasteiger partial charge < -0.3 is 5.11 Å². The molecule has 0 unspecified atom stereocenters. The SMILES string of the molecule is Cc1ccc(CN2CCN(/N=N/c3ccc(C(=O)O)cc3)CC2)cc1. The Labute approximate surface area is 147 Å². The summed E-state index contributed by atoms with van der Waals surface area (Å²) >= 11 is 0. The molecule has 0 saturated carbocycles. The highest BCUT2D eigenvalue weighted by Crippen LogP contribution is 2.15. The molecular formula is C19H22N4O2. The Hall–Kier alpha value is -2.73. The molecule has 1 saturated heterocycles. The third-order valence-electron chi connectivity index (χ3n) is 4.28. The standard InChI is InChI=1S/C19H22N4O2/c1-15-2-4-16(5-3-15)14-22-10-12-23(13-11-22)21-20-18-8-6-17(7-9-18)19(24)25/h2-9H,10-14H2,1H3,(H,24,25)/b21-20+. The Morgan fingerprint density at radius 1 is 1.00 bits per heavy atom. The van der Waals surface area contributed by atoms with Crippen molar-refractivity contribution in [2.45, 2.75) is 13.5 Å². The van der Waals surface area contributed by atoms with Gasteiger partial charge in [0.25, 0.3) is 0 Å². The van der Waals surface area contributed by atoms with Crippen molar-refractivity contribution in [2.24, 2.45) is 10.3 Å². The number of hydrogen-bond acceptors (Lipinski definition) is 4. The maximum absolute atomic E-state index is 10.8. The van der Waals surface area contributed by atoms with E-state index in [0.29, 0.717) is 5.69 Å². The number of nitrogens with zero attached hydrogens (tertiary/aromatic N) is 4. The normalized spacial score (nSPS) is 15.6. The topological polar surface area (TPSA) is 68.5 Å². The van der Waals surface area contributed by atoms with Crippen molar-refractivity contribution < 1.29 is 9.90 Å². The summed E-state index contributed by atoms with van der Waals surface area (Å²) in [6.07, 6.45) is 0. The van der Waals surface area contributed by atoms with Crippen LogP contribution in [0.4, 0.5) is 5.69 Å². The van der Waals surface area contributed by atoms with Crippen molar-refractivity contribution in [3.05, 3.63) is 65.2 Å². The molecule has 3 rings (SSSR count). The largest absolute Gasteiger partial charge is 0.478 e. The predicted molar refractivity (Wildman–Crippen MR) is 95.9 cm³/mol. The van der Waals surface area contributed by atoms with Gasteiger partial charge in [-0.25, -0.2) is 4.79 Å². The number of carboxylic acid groups (broad SMARTS) is 1. The molecular weight excluding hydrogens is 316 g/mol. The zero-order valence-electron chi connectivity index (χ0n) is 14.3. The van der Waals surface area contributed by atoms with Gasteiger partial charge in [-0.1, -0.05) is 35.1 Å². The lowest BCUT2D eigenvalue weighted by Crippen LogP contribution is -2.43. The van der Waals surface area contributed by atoms with Crippen LogP contribution in [0.2, 0.25) is 0 Å². The van der Waals surface area contributed by atoms with Crippen molar-refractivity contribution in [1.29, 1.82) is 0 Å². The Kier molecular flexibility index (Phi) is 5.40. The Morgan fingerprint density at radius 3 is 2.24 bits per heavy atom. The molecule has 1 aliphatic heterocycles. The summed E-state index contributed by atoms with van der Waals surface area (Å²) in [5.74, 6) is -0.937. The van der Waals surface area contributed by atoms with Crippen molar-refractivity contribution >= 4 is 11.7 Å². The van der Waals surface area contributed by atoms with Crippen LogP contribution >= 0.6 is 0 Å². The van der Waals surface area contributed by atoms with Gasteiger partial charge in [0.05, 0.1) is 24.3 Å². The predicted octanol–water partition coefficient (Wildman–Crippen LogP) is 3.51. The van der Waals surface area contributed by atoms with Gasteiger partial charge in [0.2, 0.25) is 0 Å². The first kappa shape index (κ1) is 17.1. The maximum atomic E-state index is 10.8. The molecule has 6 heteroatoms. The number of piperazine rings is 1. The number of aromatic carboxylic acids is 1. The number of hydrogen-bond donors (Lipinski definition) is 1. The molecule has 25 heavy (non-hydrogen) atoms. The van der Waals surface area contributed by atoms with E-state index in [2.05, 4.69) is 46.4 Å². The molecule has 0 aromatic heterocycles. The number of aryl methyl sites for hydroxylation is 1. The number of rotatable bonds is 5. The van der Waals surface area contributed by atoms with Gasteiger partial charge in [0.15, 0.2) is 0 Å². The minimum absolute atomic E-state index is 0.253. The monoisotopic (exact) mass is 338 g/mol. The van der Waals surface area contributed by atoms with Crippen LogP contribution in [0.5, 0.6) is 0 Å². The second-order valence-corrected chi connectivity index (χ2v) is 6.26. The van der Waals surface area contributed by atoms with Crippen LogP contribution in [-0.4, -0.2) is 47.2 Å². The average Bonchev–Trinajstić information content (AvgIpc) is 2.63. The maximum Gasteiger partial charge on any atom is 0.335 e. The molecule has 0 amide bonds. The van der Waals surface area contributed by atoms with Crippen LogP contribution in [0.25, 0.3) is 0 Å². The zero-order chi connectivity index (χ0) is 17.6. The quantitative estimate of drug-likeness (QED) is 0.847. The molecule has 1 fully saturated rings. The average molecular weight is 338 g/mol. The molecule has 2 aromatic carbocycles. The summed E-state index contributed by atoms with van der Waals surface area (Å²) in [6.45, 7) is 6.63. The number of benzene rings is 2. The summed E-state index contributed by atoms with van der Waals surface area (Å²) in [6, 6.07) is 15.1. The highest BCUT2D eigenvalue weighted by atomic mass is 16.4. The van der Waals surface area contributed by atoms with E-state index < -0.39 is 5.97 Å². The molecule has 2 aromatic rings. The molecule has 1 aliphatic rings. The van der Waals surface area contributed by atoms with E-state index >= 15 is 0 Å². The third-order valence-corrected chi connectivity index (χ3v) is 4.28. The van der Waals surface area contributed by atoms with Gasteiger partial charge >= 0.3 is 5.97 Å². The first-order valence-corrected chi connectivity index (χ1v) is 8.38. The zero-order valence-corrected chi connectivity index (χ0v) is 14.3. The molecule has 6 nitrogen and oxygen atoms in total. The number of carboxylic acids is 1. The molecule has 0 atom stereocenters. The second kappa shape index (κ2) is 7.90. The van der Waals surface area contributed by atoms with E-state index in [1.807, 2.05) is 5.01 Å². The Morgan fingerprint density at radius 2 is 1.64 bits per heavy atom. The minimum Gasteiger partial charge on any atom is -0.478 e. The lowest BCUT2D eigenvalue weighted by Gasteiger charge is -2.32. The van der Waals surface area contributed by atoms with Crippen LogP contribution in [0, 0.1) is 6.92 Å². The summed E-state index contributed by atoms with van der Waals surface area (Å²) in [5, 5.41) is 19.3. The van der Waals surface area contributed by atoms with Crippen molar-refractivity contribution in [3.8, 4) is 0 Å². The third kappa shape index (κ3) is 4.87. The molecule has 0 bridgehead atoms. The lowest BCUT2D eigenvalue weighted by atomic mass is 10.1. The Bertz CT molecular complexity index is 733. The molecule has 0 aliphatic carbocycles. The lowest BCUT2D eigenvalue weighted by molar-refractivity contribution is 0.0697. The first-order chi connectivity index (χ1) is 12.1. The number of carbonyl (C=O) groups is 1.